The molecule has 0 fully saturated rings. The van der Waals surface area contributed by atoms with Crippen LogP contribution in [0.5, 0.6) is 0 Å². The molecule has 0 heterocycles. The maximum absolute atomic E-state index is 4.07. The Bertz CT molecular complexity index is 239. The molecule has 0 saturated heterocycles. The zero-order chi connectivity index (χ0) is 11.1. The molecule has 80 valence electrons. The van der Waals surface area contributed by atoms with E-state index >= 15 is 0 Å². The van der Waals surface area contributed by atoms with E-state index in [-0.39, 0.29) is 0 Å². The SMILES string of the molecule is C=C/C(C)=C(/C)C(=C)N(C)CCNC. The highest BCUT2D eigenvalue weighted by atomic mass is 15.1. The van der Waals surface area contributed by atoms with E-state index in [1.165, 1.54) is 11.1 Å². The molecule has 0 saturated carbocycles. The normalized spacial score (nSPS) is 12.0. The Hall–Kier alpha value is -1.02. The van der Waals surface area contributed by atoms with Crippen molar-refractivity contribution in [3.05, 3.63) is 36.1 Å². The Morgan fingerprint density at radius 1 is 1.43 bits per heavy atom. The number of allylic oxidation sites excluding steroid dienone is 3. The van der Waals surface area contributed by atoms with E-state index in [0.717, 1.165) is 18.8 Å². The highest BCUT2D eigenvalue weighted by Crippen LogP contribution is 2.15. The van der Waals surface area contributed by atoms with Gasteiger partial charge in [-0.25, -0.2) is 0 Å². The Balaban J connectivity index is 4.39. The average Bonchev–Trinajstić information content (AvgIpc) is 2.22. The molecule has 2 heteroatoms. The average molecular weight is 194 g/mol. The summed E-state index contributed by atoms with van der Waals surface area (Å²) in [6, 6.07) is 0. The van der Waals surface area contributed by atoms with Crippen LogP contribution >= 0.6 is 0 Å². The second-order valence-corrected chi connectivity index (χ2v) is 3.48. The maximum atomic E-state index is 4.07. The Labute approximate surface area is 88.0 Å². The van der Waals surface area contributed by atoms with Crippen molar-refractivity contribution in [2.24, 2.45) is 0 Å². The smallest absolute Gasteiger partial charge is 0.0323 e. The first-order valence-corrected chi connectivity index (χ1v) is 4.89. The third-order valence-corrected chi connectivity index (χ3v) is 2.49. The largest absolute Gasteiger partial charge is 0.374 e. The van der Waals surface area contributed by atoms with Crippen LogP contribution in [0.2, 0.25) is 0 Å². The molecular formula is C12H22N2. The van der Waals surface area contributed by atoms with E-state index in [1.807, 2.05) is 13.1 Å². The maximum Gasteiger partial charge on any atom is 0.0323 e. The van der Waals surface area contributed by atoms with Crippen molar-refractivity contribution in [2.75, 3.05) is 27.2 Å². The molecule has 0 rings (SSSR count). The van der Waals surface area contributed by atoms with Gasteiger partial charge in [0.2, 0.25) is 0 Å². The van der Waals surface area contributed by atoms with Crippen molar-refractivity contribution in [2.45, 2.75) is 13.8 Å². The number of likely N-dealkylation sites (N-methyl/N-ethyl adjacent to an activating group) is 2. The predicted octanol–water partition coefficient (Wildman–Crippen LogP) is 2.17. The molecule has 0 aliphatic carbocycles. The van der Waals surface area contributed by atoms with Gasteiger partial charge in [0.05, 0.1) is 0 Å². The van der Waals surface area contributed by atoms with Crippen LogP contribution in [0.15, 0.2) is 36.1 Å². The Morgan fingerprint density at radius 2 is 2.00 bits per heavy atom. The molecule has 0 aliphatic rings. The van der Waals surface area contributed by atoms with Crippen LogP contribution in [0.1, 0.15) is 13.8 Å². The Morgan fingerprint density at radius 3 is 2.43 bits per heavy atom. The lowest BCUT2D eigenvalue weighted by Crippen LogP contribution is -2.27. The molecule has 0 aromatic rings. The highest BCUT2D eigenvalue weighted by molar-refractivity contribution is 5.34. The summed E-state index contributed by atoms with van der Waals surface area (Å²) >= 11 is 0. The van der Waals surface area contributed by atoms with E-state index < -0.39 is 0 Å². The first-order chi connectivity index (χ1) is 6.54. The van der Waals surface area contributed by atoms with Gasteiger partial charge in [0.25, 0.3) is 0 Å². The third-order valence-electron chi connectivity index (χ3n) is 2.49. The standard InChI is InChI=1S/C12H22N2/c1-7-10(2)11(3)12(4)14(6)9-8-13-5/h7,13H,1,4,8-9H2,2-3,5-6H3/b11-10-. The minimum Gasteiger partial charge on any atom is -0.374 e. The topological polar surface area (TPSA) is 15.3 Å². The lowest BCUT2D eigenvalue weighted by molar-refractivity contribution is 0.423. The number of nitrogens with one attached hydrogen (secondary N) is 1. The van der Waals surface area contributed by atoms with Crippen LogP contribution < -0.4 is 5.32 Å². The van der Waals surface area contributed by atoms with Crippen LogP contribution in [-0.4, -0.2) is 32.1 Å². The Kier molecular flexibility index (Phi) is 5.97. The quantitative estimate of drug-likeness (QED) is 0.652. The van der Waals surface area contributed by atoms with Crippen molar-refractivity contribution in [1.29, 1.82) is 0 Å². The van der Waals surface area contributed by atoms with Gasteiger partial charge in [-0.15, -0.1) is 0 Å². The monoisotopic (exact) mass is 194 g/mol. The summed E-state index contributed by atoms with van der Waals surface area (Å²) in [5, 5.41) is 3.12. The molecule has 1 N–H and O–H groups in total. The van der Waals surface area contributed by atoms with Crippen molar-refractivity contribution < 1.29 is 0 Å². The molecular weight excluding hydrogens is 172 g/mol. The number of hydrogen-bond donors (Lipinski definition) is 1. The van der Waals surface area contributed by atoms with Gasteiger partial charge in [-0.3, -0.25) is 0 Å². The first kappa shape index (κ1) is 13.0. The van der Waals surface area contributed by atoms with Crippen LogP contribution in [0.25, 0.3) is 0 Å². The van der Waals surface area contributed by atoms with Gasteiger partial charge >= 0.3 is 0 Å². The summed E-state index contributed by atoms with van der Waals surface area (Å²) in [6.45, 7) is 13.9. The van der Waals surface area contributed by atoms with E-state index in [0.29, 0.717) is 0 Å². The second-order valence-electron chi connectivity index (χ2n) is 3.48. The van der Waals surface area contributed by atoms with E-state index in [2.05, 4.69) is 44.3 Å². The van der Waals surface area contributed by atoms with Crippen molar-refractivity contribution in [3.63, 3.8) is 0 Å². The molecule has 0 aromatic carbocycles. The molecule has 0 radical (unpaired) electrons. The minimum atomic E-state index is 0.968. The van der Waals surface area contributed by atoms with Gasteiger partial charge in [0.15, 0.2) is 0 Å². The molecule has 2 nitrogen and oxygen atoms in total. The van der Waals surface area contributed by atoms with E-state index in [1.54, 1.807) is 0 Å². The molecule has 14 heavy (non-hydrogen) atoms. The minimum absolute atomic E-state index is 0.968. The zero-order valence-electron chi connectivity index (χ0n) is 9.85. The summed E-state index contributed by atoms with van der Waals surface area (Å²) in [5.74, 6) is 0. The van der Waals surface area contributed by atoms with Crippen LogP contribution in [0, 0.1) is 0 Å². The second kappa shape index (κ2) is 6.44. The molecule has 0 aromatic heterocycles. The molecule has 0 amide bonds. The number of rotatable bonds is 6. The molecule has 0 aliphatic heterocycles. The van der Waals surface area contributed by atoms with Crippen molar-refractivity contribution in [1.82, 2.24) is 10.2 Å². The van der Waals surface area contributed by atoms with E-state index in [9.17, 15) is 0 Å². The molecule has 0 unspecified atom stereocenters. The third kappa shape index (κ3) is 3.79. The summed E-state index contributed by atoms with van der Waals surface area (Å²) < 4.78 is 0. The first-order valence-electron chi connectivity index (χ1n) is 4.89. The van der Waals surface area contributed by atoms with E-state index in [4.69, 9.17) is 0 Å². The fourth-order valence-electron chi connectivity index (χ4n) is 1.08. The summed E-state index contributed by atoms with van der Waals surface area (Å²) in [5.41, 5.74) is 3.46. The van der Waals surface area contributed by atoms with Gasteiger partial charge in [0, 0.05) is 25.8 Å². The molecule has 0 atom stereocenters. The van der Waals surface area contributed by atoms with Gasteiger partial charge in [-0.2, -0.15) is 0 Å². The number of hydrogen-bond acceptors (Lipinski definition) is 2. The zero-order valence-corrected chi connectivity index (χ0v) is 9.85. The lowest BCUT2D eigenvalue weighted by Gasteiger charge is -2.23. The lowest BCUT2D eigenvalue weighted by atomic mass is 10.1. The van der Waals surface area contributed by atoms with Crippen LogP contribution in [-0.2, 0) is 0 Å². The van der Waals surface area contributed by atoms with Crippen LogP contribution in [0.3, 0.4) is 0 Å². The highest BCUT2D eigenvalue weighted by Gasteiger charge is 2.04. The predicted molar refractivity (Wildman–Crippen MR) is 64.3 cm³/mol. The fraction of sp³-hybridized carbons (Fsp3) is 0.500. The van der Waals surface area contributed by atoms with Gasteiger partial charge in [-0.1, -0.05) is 19.2 Å². The summed E-state index contributed by atoms with van der Waals surface area (Å²) in [4.78, 5) is 2.15. The van der Waals surface area contributed by atoms with Gasteiger partial charge in [0.1, 0.15) is 0 Å². The van der Waals surface area contributed by atoms with Crippen molar-refractivity contribution in [3.8, 4) is 0 Å². The van der Waals surface area contributed by atoms with Gasteiger partial charge in [-0.05, 0) is 32.0 Å². The number of nitrogens with zero attached hydrogens (tertiary/aromatic N) is 1. The van der Waals surface area contributed by atoms with Crippen molar-refractivity contribution >= 4 is 0 Å². The molecule has 0 spiro atoms. The summed E-state index contributed by atoms with van der Waals surface area (Å²) in [7, 11) is 4.01. The summed E-state index contributed by atoms with van der Waals surface area (Å²) in [6.07, 6.45) is 1.87. The van der Waals surface area contributed by atoms with Gasteiger partial charge < -0.3 is 10.2 Å². The molecule has 0 bridgehead atoms. The fourth-order valence-corrected chi connectivity index (χ4v) is 1.08. The van der Waals surface area contributed by atoms with Crippen LogP contribution in [0.4, 0.5) is 0 Å².